The van der Waals surface area contributed by atoms with Gasteiger partial charge in [0.1, 0.15) is 5.82 Å². The first-order chi connectivity index (χ1) is 14.0. The number of amides is 1. The monoisotopic (exact) mass is 390 g/mol. The predicted molar refractivity (Wildman–Crippen MR) is 114 cm³/mol. The molecular weight excluding hydrogens is 368 g/mol. The second kappa shape index (κ2) is 8.88. The number of benzene rings is 2. The van der Waals surface area contributed by atoms with Crippen LogP contribution in [0.4, 0.5) is 22.9 Å². The molecule has 0 spiro atoms. The topological polar surface area (TPSA) is 83.6 Å². The zero-order chi connectivity index (χ0) is 20.8. The van der Waals surface area contributed by atoms with Crippen LogP contribution in [0.25, 0.3) is 0 Å². The molecule has 0 aliphatic heterocycles. The van der Waals surface area contributed by atoms with E-state index in [0.29, 0.717) is 22.6 Å². The Morgan fingerprint density at radius 1 is 0.931 bits per heavy atom. The lowest BCUT2D eigenvalue weighted by Crippen LogP contribution is -2.13. The third kappa shape index (κ3) is 5.10. The van der Waals surface area contributed by atoms with Gasteiger partial charge in [0.05, 0.1) is 18.2 Å². The van der Waals surface area contributed by atoms with Crippen LogP contribution in [0.2, 0.25) is 0 Å². The van der Waals surface area contributed by atoms with Gasteiger partial charge in [-0.15, -0.1) is 0 Å². The normalized spacial score (nSPS) is 10.2. The van der Waals surface area contributed by atoms with Gasteiger partial charge in [-0.3, -0.25) is 4.79 Å². The number of rotatable bonds is 6. The minimum absolute atomic E-state index is 0.318. The highest BCUT2D eigenvalue weighted by Crippen LogP contribution is 2.19. The van der Waals surface area contributed by atoms with Gasteiger partial charge in [0.2, 0.25) is 0 Å². The zero-order valence-electron chi connectivity index (χ0n) is 16.5. The number of nitrogens with one attached hydrogen (secondary N) is 2. The summed E-state index contributed by atoms with van der Waals surface area (Å²) in [5.74, 6) is -0.148. The van der Waals surface area contributed by atoms with E-state index in [2.05, 4.69) is 15.6 Å². The summed E-state index contributed by atoms with van der Waals surface area (Å²) in [5.41, 5.74) is 3.28. The SMILES string of the molecule is COC(=O)c1cccc(NC(=O)c2ccc(Nc3ccc(N(C)C)cc3)nc2)c1. The Hall–Kier alpha value is -3.87. The number of esters is 1. The minimum Gasteiger partial charge on any atom is -0.465 e. The van der Waals surface area contributed by atoms with E-state index in [0.717, 1.165) is 11.4 Å². The van der Waals surface area contributed by atoms with Gasteiger partial charge >= 0.3 is 5.97 Å². The molecule has 2 N–H and O–H groups in total. The van der Waals surface area contributed by atoms with Gasteiger partial charge in [0.15, 0.2) is 0 Å². The van der Waals surface area contributed by atoms with Crippen molar-refractivity contribution in [1.29, 1.82) is 0 Å². The molecule has 148 valence electrons. The predicted octanol–water partition coefficient (Wildman–Crippen LogP) is 3.93. The molecule has 0 atom stereocenters. The van der Waals surface area contributed by atoms with Gasteiger partial charge in [-0.2, -0.15) is 0 Å². The van der Waals surface area contributed by atoms with E-state index in [1.165, 1.54) is 13.3 Å². The van der Waals surface area contributed by atoms with E-state index in [1.54, 1.807) is 36.4 Å². The Labute approximate surface area is 169 Å². The highest BCUT2D eigenvalue weighted by atomic mass is 16.5. The third-order valence-corrected chi connectivity index (χ3v) is 4.22. The van der Waals surface area contributed by atoms with Crippen LogP contribution in [0.5, 0.6) is 0 Å². The van der Waals surface area contributed by atoms with E-state index < -0.39 is 5.97 Å². The van der Waals surface area contributed by atoms with Gasteiger partial charge in [-0.05, 0) is 54.6 Å². The number of anilines is 4. The number of hydrogen-bond acceptors (Lipinski definition) is 6. The first-order valence-corrected chi connectivity index (χ1v) is 8.96. The number of carbonyl (C=O) groups is 2. The number of nitrogens with zero attached hydrogens (tertiary/aromatic N) is 2. The molecule has 0 saturated heterocycles. The van der Waals surface area contributed by atoms with Crippen molar-refractivity contribution in [2.45, 2.75) is 0 Å². The number of methoxy groups -OCH3 is 1. The van der Waals surface area contributed by atoms with Crippen LogP contribution in [-0.4, -0.2) is 38.1 Å². The maximum absolute atomic E-state index is 12.4. The molecule has 0 saturated carbocycles. The summed E-state index contributed by atoms with van der Waals surface area (Å²) in [6, 6.07) is 17.9. The maximum Gasteiger partial charge on any atom is 0.337 e. The van der Waals surface area contributed by atoms with Gasteiger partial charge in [0, 0.05) is 37.4 Å². The number of carbonyl (C=O) groups excluding carboxylic acids is 2. The second-order valence-electron chi connectivity index (χ2n) is 6.52. The molecule has 29 heavy (non-hydrogen) atoms. The van der Waals surface area contributed by atoms with Crippen LogP contribution in [-0.2, 0) is 4.74 Å². The zero-order valence-corrected chi connectivity index (χ0v) is 16.5. The quantitative estimate of drug-likeness (QED) is 0.621. The van der Waals surface area contributed by atoms with E-state index >= 15 is 0 Å². The summed E-state index contributed by atoms with van der Waals surface area (Å²) in [7, 11) is 5.28. The summed E-state index contributed by atoms with van der Waals surface area (Å²) < 4.78 is 4.69. The Morgan fingerprint density at radius 2 is 1.69 bits per heavy atom. The van der Waals surface area contributed by atoms with E-state index in [1.807, 2.05) is 43.3 Å². The van der Waals surface area contributed by atoms with Crippen molar-refractivity contribution in [1.82, 2.24) is 4.98 Å². The van der Waals surface area contributed by atoms with Crippen molar-refractivity contribution < 1.29 is 14.3 Å². The molecule has 1 amide bonds. The minimum atomic E-state index is -0.461. The van der Waals surface area contributed by atoms with E-state index in [4.69, 9.17) is 4.74 Å². The van der Waals surface area contributed by atoms with E-state index in [9.17, 15) is 9.59 Å². The number of hydrogen-bond donors (Lipinski definition) is 2. The van der Waals surface area contributed by atoms with Crippen molar-refractivity contribution in [2.24, 2.45) is 0 Å². The largest absolute Gasteiger partial charge is 0.465 e. The van der Waals surface area contributed by atoms with Crippen molar-refractivity contribution in [3.63, 3.8) is 0 Å². The van der Waals surface area contributed by atoms with Crippen molar-refractivity contribution in [3.8, 4) is 0 Å². The van der Waals surface area contributed by atoms with Crippen molar-refractivity contribution in [3.05, 3.63) is 78.0 Å². The summed E-state index contributed by atoms with van der Waals surface area (Å²) in [6.45, 7) is 0. The molecule has 1 heterocycles. The van der Waals surface area contributed by atoms with Gasteiger partial charge in [-0.25, -0.2) is 9.78 Å². The van der Waals surface area contributed by atoms with Crippen LogP contribution in [0.1, 0.15) is 20.7 Å². The summed E-state index contributed by atoms with van der Waals surface area (Å²) in [6.07, 6.45) is 1.50. The highest BCUT2D eigenvalue weighted by molar-refractivity contribution is 6.04. The fourth-order valence-corrected chi connectivity index (χ4v) is 2.64. The Balaban J connectivity index is 1.65. The lowest BCUT2D eigenvalue weighted by atomic mass is 10.2. The molecule has 0 unspecified atom stereocenters. The molecule has 7 heteroatoms. The summed E-state index contributed by atoms with van der Waals surface area (Å²) in [5, 5.41) is 5.95. The van der Waals surface area contributed by atoms with Gasteiger partial charge in [-0.1, -0.05) is 6.07 Å². The average molecular weight is 390 g/mol. The number of pyridine rings is 1. The Morgan fingerprint density at radius 3 is 2.31 bits per heavy atom. The molecule has 0 bridgehead atoms. The van der Waals surface area contributed by atoms with Gasteiger partial charge in [0.25, 0.3) is 5.91 Å². The van der Waals surface area contributed by atoms with E-state index in [-0.39, 0.29) is 5.91 Å². The number of aromatic nitrogens is 1. The maximum atomic E-state index is 12.4. The second-order valence-corrected chi connectivity index (χ2v) is 6.52. The Kier molecular flexibility index (Phi) is 6.09. The van der Waals surface area contributed by atoms with Crippen LogP contribution < -0.4 is 15.5 Å². The molecular formula is C22H22N4O3. The van der Waals surface area contributed by atoms with Crippen LogP contribution in [0.15, 0.2) is 66.9 Å². The fourth-order valence-electron chi connectivity index (χ4n) is 2.64. The highest BCUT2D eigenvalue weighted by Gasteiger charge is 2.10. The lowest BCUT2D eigenvalue weighted by Gasteiger charge is -2.13. The third-order valence-electron chi connectivity index (χ3n) is 4.22. The van der Waals surface area contributed by atoms with Crippen molar-refractivity contribution in [2.75, 3.05) is 36.7 Å². The summed E-state index contributed by atoms with van der Waals surface area (Å²) >= 11 is 0. The first-order valence-electron chi connectivity index (χ1n) is 8.96. The van der Waals surface area contributed by atoms with Crippen LogP contribution in [0, 0.1) is 0 Å². The standard InChI is InChI=1S/C22H22N4O3/c1-26(2)19-10-8-17(9-11-19)24-20-12-7-16(14-23-20)21(27)25-18-6-4-5-15(13-18)22(28)29-3/h4-14H,1-3H3,(H,23,24)(H,25,27). The summed E-state index contributed by atoms with van der Waals surface area (Å²) in [4.78, 5) is 30.4. The molecule has 0 fully saturated rings. The van der Waals surface area contributed by atoms with Gasteiger partial charge < -0.3 is 20.3 Å². The average Bonchev–Trinajstić information content (AvgIpc) is 2.74. The molecule has 2 aromatic carbocycles. The molecule has 7 nitrogen and oxygen atoms in total. The fraction of sp³-hybridized carbons (Fsp3) is 0.136. The molecule has 1 aromatic heterocycles. The lowest BCUT2D eigenvalue weighted by molar-refractivity contribution is 0.0600. The molecule has 0 aliphatic rings. The van der Waals surface area contributed by atoms with Crippen molar-refractivity contribution >= 4 is 34.8 Å². The smallest absolute Gasteiger partial charge is 0.337 e. The Bertz CT molecular complexity index is 999. The molecule has 0 aliphatic carbocycles. The molecule has 3 aromatic rings. The van der Waals surface area contributed by atoms with Crippen LogP contribution >= 0.6 is 0 Å². The molecule has 0 radical (unpaired) electrons. The molecule has 3 rings (SSSR count). The number of ether oxygens (including phenoxy) is 1. The van der Waals surface area contributed by atoms with Crippen LogP contribution in [0.3, 0.4) is 0 Å². The first kappa shape index (κ1) is 19.9.